The summed E-state index contributed by atoms with van der Waals surface area (Å²) in [6, 6.07) is 6.62. The zero-order valence-electron chi connectivity index (χ0n) is 11.6. The molecule has 1 rings (SSSR count). The maximum atomic E-state index is 12.1. The van der Waals surface area contributed by atoms with Gasteiger partial charge in [-0.2, -0.15) is 0 Å². The molecule has 19 heavy (non-hydrogen) atoms. The number of carbonyl (C=O) groups excluding carboxylic acids is 2. The van der Waals surface area contributed by atoms with Gasteiger partial charge in [-0.1, -0.05) is 13.8 Å². The van der Waals surface area contributed by atoms with Crippen LogP contribution in [0, 0.1) is 5.92 Å². The summed E-state index contributed by atoms with van der Waals surface area (Å²) < 4.78 is 4.69. The van der Waals surface area contributed by atoms with E-state index in [0.717, 1.165) is 4.90 Å². The smallest absolute Gasteiger partial charge is 0.328 e. The molecule has 104 valence electrons. The number of hydrogen-bond donors (Lipinski definition) is 1. The Morgan fingerprint density at radius 3 is 2.21 bits per heavy atom. The molecule has 0 saturated carbocycles. The van der Waals surface area contributed by atoms with E-state index in [1.165, 1.54) is 7.11 Å². The van der Waals surface area contributed by atoms with Crippen LogP contribution >= 0.6 is 11.8 Å². The van der Waals surface area contributed by atoms with Crippen LogP contribution in [0.2, 0.25) is 0 Å². The molecule has 5 heteroatoms. The normalized spacial score (nSPS) is 12.1. The second-order valence-electron chi connectivity index (χ2n) is 4.45. The average Bonchev–Trinajstić information content (AvgIpc) is 2.43. The van der Waals surface area contributed by atoms with Gasteiger partial charge in [0.05, 0.1) is 7.11 Å². The topological polar surface area (TPSA) is 55.4 Å². The lowest BCUT2D eigenvalue weighted by atomic mass is 10.0. The Bertz CT molecular complexity index is 443. The van der Waals surface area contributed by atoms with Crippen LogP contribution in [0.4, 0.5) is 0 Å². The minimum Gasteiger partial charge on any atom is -0.467 e. The summed E-state index contributed by atoms with van der Waals surface area (Å²) in [6.45, 7) is 3.72. The van der Waals surface area contributed by atoms with Gasteiger partial charge < -0.3 is 10.1 Å². The number of carbonyl (C=O) groups is 2. The number of esters is 1. The first kappa shape index (κ1) is 15.6. The summed E-state index contributed by atoms with van der Waals surface area (Å²) in [5.74, 6) is -0.720. The van der Waals surface area contributed by atoms with Gasteiger partial charge in [0.25, 0.3) is 5.91 Å². The number of rotatable bonds is 5. The lowest BCUT2D eigenvalue weighted by molar-refractivity contribution is -0.144. The molecular formula is C14H19NO3S. The Morgan fingerprint density at radius 2 is 1.79 bits per heavy atom. The predicted octanol–water partition coefficient (Wildman–Crippen LogP) is 2.34. The van der Waals surface area contributed by atoms with Gasteiger partial charge in [-0.05, 0) is 36.4 Å². The van der Waals surface area contributed by atoms with E-state index in [2.05, 4.69) is 10.1 Å². The van der Waals surface area contributed by atoms with Crippen molar-refractivity contribution in [1.82, 2.24) is 5.32 Å². The summed E-state index contributed by atoms with van der Waals surface area (Å²) in [5, 5.41) is 2.70. The molecule has 0 aliphatic carbocycles. The molecule has 0 aliphatic heterocycles. The lowest BCUT2D eigenvalue weighted by Crippen LogP contribution is -2.45. The zero-order chi connectivity index (χ0) is 14.4. The van der Waals surface area contributed by atoms with Crippen molar-refractivity contribution in [3.63, 3.8) is 0 Å². The number of methoxy groups -OCH3 is 1. The van der Waals surface area contributed by atoms with Crippen LogP contribution in [0.15, 0.2) is 29.2 Å². The molecule has 0 heterocycles. The molecule has 1 aromatic rings. The Hall–Kier alpha value is -1.49. The molecule has 4 nitrogen and oxygen atoms in total. The Balaban J connectivity index is 2.78. The van der Waals surface area contributed by atoms with Crippen LogP contribution in [0.25, 0.3) is 0 Å². The Morgan fingerprint density at radius 1 is 1.21 bits per heavy atom. The average molecular weight is 281 g/mol. The molecule has 1 aromatic carbocycles. The van der Waals surface area contributed by atoms with Crippen molar-refractivity contribution >= 4 is 23.6 Å². The fourth-order valence-electron chi connectivity index (χ4n) is 1.59. The van der Waals surface area contributed by atoms with Crippen molar-refractivity contribution in [2.45, 2.75) is 24.8 Å². The maximum Gasteiger partial charge on any atom is 0.328 e. The van der Waals surface area contributed by atoms with Crippen LogP contribution in [-0.2, 0) is 9.53 Å². The van der Waals surface area contributed by atoms with E-state index >= 15 is 0 Å². The van der Waals surface area contributed by atoms with Gasteiger partial charge >= 0.3 is 5.97 Å². The molecular weight excluding hydrogens is 262 g/mol. The van der Waals surface area contributed by atoms with E-state index in [4.69, 9.17) is 0 Å². The largest absolute Gasteiger partial charge is 0.467 e. The number of ether oxygens (including phenoxy) is 1. The summed E-state index contributed by atoms with van der Waals surface area (Å²) in [5.41, 5.74) is 0.535. The highest BCUT2D eigenvalue weighted by molar-refractivity contribution is 7.98. The summed E-state index contributed by atoms with van der Waals surface area (Å²) in [4.78, 5) is 24.7. The minimum absolute atomic E-state index is 0.0260. The van der Waals surface area contributed by atoms with Crippen molar-refractivity contribution in [2.75, 3.05) is 13.4 Å². The maximum absolute atomic E-state index is 12.1. The van der Waals surface area contributed by atoms with Gasteiger partial charge in [0.2, 0.25) is 0 Å². The standard InChI is InChI=1S/C14H19NO3S/c1-9(2)12(14(17)18-3)15-13(16)10-5-7-11(19-4)8-6-10/h5-9,12H,1-4H3,(H,15,16). The molecule has 1 atom stereocenters. The first-order valence-corrected chi connectivity index (χ1v) is 7.24. The third-order valence-electron chi connectivity index (χ3n) is 2.76. The quantitative estimate of drug-likeness (QED) is 0.665. The minimum atomic E-state index is -0.627. The zero-order valence-corrected chi connectivity index (χ0v) is 12.4. The van der Waals surface area contributed by atoms with Gasteiger partial charge in [-0.25, -0.2) is 4.79 Å². The Labute approximate surface area is 117 Å². The highest BCUT2D eigenvalue weighted by Crippen LogP contribution is 2.15. The number of hydrogen-bond acceptors (Lipinski definition) is 4. The molecule has 0 spiro atoms. The molecule has 1 amide bonds. The van der Waals surface area contributed by atoms with Crippen molar-refractivity contribution in [3.05, 3.63) is 29.8 Å². The summed E-state index contributed by atoms with van der Waals surface area (Å²) in [7, 11) is 1.32. The first-order chi connectivity index (χ1) is 8.99. The van der Waals surface area contributed by atoms with Gasteiger partial charge in [0.1, 0.15) is 6.04 Å². The number of thioether (sulfide) groups is 1. The van der Waals surface area contributed by atoms with Gasteiger partial charge in [-0.15, -0.1) is 11.8 Å². The van der Waals surface area contributed by atoms with Gasteiger partial charge in [0.15, 0.2) is 0 Å². The van der Waals surface area contributed by atoms with Crippen LogP contribution < -0.4 is 5.32 Å². The lowest BCUT2D eigenvalue weighted by Gasteiger charge is -2.19. The third kappa shape index (κ3) is 4.28. The van der Waals surface area contributed by atoms with Crippen molar-refractivity contribution in [3.8, 4) is 0 Å². The van der Waals surface area contributed by atoms with Gasteiger partial charge in [0, 0.05) is 10.5 Å². The van der Waals surface area contributed by atoms with E-state index in [-0.39, 0.29) is 11.8 Å². The fraction of sp³-hybridized carbons (Fsp3) is 0.429. The molecule has 0 saturated heterocycles. The molecule has 0 radical (unpaired) electrons. The molecule has 0 aliphatic rings. The van der Waals surface area contributed by atoms with Crippen LogP contribution in [-0.4, -0.2) is 31.3 Å². The van der Waals surface area contributed by atoms with Crippen molar-refractivity contribution in [1.29, 1.82) is 0 Å². The van der Waals surface area contributed by atoms with E-state index in [1.54, 1.807) is 23.9 Å². The second-order valence-corrected chi connectivity index (χ2v) is 5.33. The molecule has 1 N–H and O–H groups in total. The summed E-state index contributed by atoms with van der Waals surface area (Å²) in [6.07, 6.45) is 1.97. The van der Waals surface area contributed by atoms with Gasteiger partial charge in [-0.3, -0.25) is 4.79 Å². The molecule has 0 aromatic heterocycles. The predicted molar refractivity (Wildman–Crippen MR) is 76.3 cm³/mol. The molecule has 1 unspecified atom stereocenters. The first-order valence-electron chi connectivity index (χ1n) is 6.02. The highest BCUT2D eigenvalue weighted by Gasteiger charge is 2.25. The van der Waals surface area contributed by atoms with Crippen LogP contribution in [0.5, 0.6) is 0 Å². The second kappa shape index (κ2) is 7.19. The monoisotopic (exact) mass is 281 g/mol. The van der Waals surface area contributed by atoms with E-state index in [1.807, 2.05) is 32.2 Å². The van der Waals surface area contributed by atoms with E-state index in [0.29, 0.717) is 5.56 Å². The van der Waals surface area contributed by atoms with Crippen molar-refractivity contribution < 1.29 is 14.3 Å². The molecule has 0 fully saturated rings. The number of amides is 1. The van der Waals surface area contributed by atoms with E-state index in [9.17, 15) is 9.59 Å². The number of benzene rings is 1. The van der Waals surface area contributed by atoms with Crippen LogP contribution in [0.3, 0.4) is 0 Å². The van der Waals surface area contributed by atoms with E-state index < -0.39 is 12.0 Å². The number of nitrogens with one attached hydrogen (secondary N) is 1. The SMILES string of the molecule is COC(=O)C(NC(=O)c1ccc(SC)cc1)C(C)C. The van der Waals surface area contributed by atoms with Crippen LogP contribution in [0.1, 0.15) is 24.2 Å². The van der Waals surface area contributed by atoms with Crippen molar-refractivity contribution in [2.24, 2.45) is 5.92 Å². The molecule has 0 bridgehead atoms. The summed E-state index contributed by atoms with van der Waals surface area (Å²) >= 11 is 1.61. The highest BCUT2D eigenvalue weighted by atomic mass is 32.2. The fourth-order valence-corrected chi connectivity index (χ4v) is 2.00. The third-order valence-corrected chi connectivity index (χ3v) is 3.50. The Kier molecular flexibility index (Phi) is 5.89.